The van der Waals surface area contributed by atoms with E-state index in [2.05, 4.69) is 5.32 Å². The quantitative estimate of drug-likeness (QED) is 0.726. The van der Waals surface area contributed by atoms with Gasteiger partial charge >= 0.3 is 0 Å². The van der Waals surface area contributed by atoms with Gasteiger partial charge in [0.2, 0.25) is 0 Å². The van der Waals surface area contributed by atoms with Gasteiger partial charge < -0.3 is 10.4 Å². The summed E-state index contributed by atoms with van der Waals surface area (Å²) in [5.41, 5.74) is 0.493. The number of aliphatic hydroxyl groups excluding tert-OH is 1. The summed E-state index contributed by atoms with van der Waals surface area (Å²) in [5.74, 6) is -0.156. The van der Waals surface area contributed by atoms with Crippen molar-refractivity contribution in [1.82, 2.24) is 5.32 Å². The third-order valence-electron chi connectivity index (χ3n) is 2.68. The third-order valence-corrected chi connectivity index (χ3v) is 2.68. The lowest BCUT2D eigenvalue weighted by Gasteiger charge is -2.26. The highest BCUT2D eigenvalue weighted by Crippen LogP contribution is 2.24. The van der Waals surface area contributed by atoms with Gasteiger partial charge in [0.05, 0.1) is 0 Å². The minimum atomic E-state index is -0.235. The fourth-order valence-corrected chi connectivity index (χ4v) is 1.71. The van der Waals surface area contributed by atoms with Crippen LogP contribution in [-0.4, -0.2) is 24.8 Å². The van der Waals surface area contributed by atoms with E-state index in [1.807, 2.05) is 26.0 Å². The van der Waals surface area contributed by atoms with E-state index in [0.29, 0.717) is 6.54 Å². The number of rotatable bonds is 6. The van der Waals surface area contributed by atoms with Crippen molar-refractivity contribution >= 4 is 0 Å². The Labute approximate surface area is 96.5 Å². The molecule has 1 aromatic rings. The van der Waals surface area contributed by atoms with Gasteiger partial charge in [-0.2, -0.15) is 0 Å². The van der Waals surface area contributed by atoms with Crippen molar-refractivity contribution in [3.63, 3.8) is 0 Å². The molecule has 0 aliphatic carbocycles. The Bertz CT molecular complexity index is 325. The van der Waals surface area contributed by atoms with Crippen LogP contribution in [0.25, 0.3) is 0 Å². The average Bonchev–Trinajstić information content (AvgIpc) is 2.25. The van der Waals surface area contributed by atoms with E-state index >= 15 is 0 Å². The van der Waals surface area contributed by atoms with Crippen LogP contribution in [0, 0.1) is 5.82 Å². The van der Waals surface area contributed by atoms with Crippen LogP contribution in [0.1, 0.15) is 25.8 Å². The Morgan fingerprint density at radius 2 is 2.00 bits per heavy atom. The highest BCUT2D eigenvalue weighted by atomic mass is 19.1. The predicted molar refractivity (Wildman–Crippen MR) is 64.0 cm³/mol. The molecule has 2 nitrogen and oxygen atoms in total. The van der Waals surface area contributed by atoms with Gasteiger partial charge in [-0.3, -0.25) is 0 Å². The van der Waals surface area contributed by atoms with E-state index in [1.54, 1.807) is 6.07 Å². The van der Waals surface area contributed by atoms with E-state index in [9.17, 15) is 4.39 Å². The van der Waals surface area contributed by atoms with E-state index in [4.69, 9.17) is 5.11 Å². The largest absolute Gasteiger partial charge is 0.396 e. The zero-order valence-corrected chi connectivity index (χ0v) is 9.96. The van der Waals surface area contributed by atoms with Gasteiger partial charge in [-0.25, -0.2) is 4.39 Å². The van der Waals surface area contributed by atoms with Gasteiger partial charge in [0, 0.05) is 18.6 Å². The number of hydrogen-bond donors (Lipinski definition) is 2. The molecule has 0 saturated heterocycles. The van der Waals surface area contributed by atoms with Crippen LogP contribution in [0.5, 0.6) is 0 Å². The van der Waals surface area contributed by atoms with Crippen LogP contribution in [0.3, 0.4) is 0 Å². The lowest BCUT2D eigenvalue weighted by atomic mass is 9.84. The van der Waals surface area contributed by atoms with E-state index in [0.717, 1.165) is 18.5 Å². The summed E-state index contributed by atoms with van der Waals surface area (Å²) in [6.07, 6.45) is 0.730. The van der Waals surface area contributed by atoms with Crippen molar-refractivity contribution < 1.29 is 9.50 Å². The third kappa shape index (κ3) is 3.58. The molecule has 2 N–H and O–H groups in total. The van der Waals surface area contributed by atoms with Crippen LogP contribution < -0.4 is 5.32 Å². The number of benzene rings is 1. The highest BCUT2D eigenvalue weighted by molar-refractivity contribution is 5.25. The summed E-state index contributed by atoms with van der Waals surface area (Å²) < 4.78 is 13.6. The number of nitrogens with one attached hydrogen (secondary N) is 1. The molecule has 0 atom stereocenters. The smallest absolute Gasteiger partial charge is 0.126 e. The van der Waals surface area contributed by atoms with Crippen molar-refractivity contribution in [2.24, 2.45) is 0 Å². The fourth-order valence-electron chi connectivity index (χ4n) is 1.71. The first-order chi connectivity index (χ1) is 7.58. The van der Waals surface area contributed by atoms with Crippen LogP contribution in [0.15, 0.2) is 24.3 Å². The Balaban J connectivity index is 2.59. The first-order valence-electron chi connectivity index (χ1n) is 5.64. The normalized spacial score (nSPS) is 11.8. The zero-order chi connectivity index (χ0) is 12.0. The molecule has 1 aromatic carbocycles. The van der Waals surface area contributed by atoms with Crippen molar-refractivity contribution in [3.05, 3.63) is 35.6 Å². The van der Waals surface area contributed by atoms with E-state index < -0.39 is 0 Å². The van der Waals surface area contributed by atoms with Gasteiger partial charge in [0.15, 0.2) is 0 Å². The average molecular weight is 225 g/mol. The predicted octanol–water partition coefficient (Wildman–Crippen LogP) is 2.08. The van der Waals surface area contributed by atoms with Crippen molar-refractivity contribution in [2.45, 2.75) is 25.7 Å². The second-order valence-electron chi connectivity index (χ2n) is 4.62. The maximum absolute atomic E-state index is 13.6. The summed E-state index contributed by atoms with van der Waals surface area (Å²) in [7, 11) is 0. The minimum Gasteiger partial charge on any atom is -0.396 e. The maximum Gasteiger partial charge on any atom is 0.126 e. The summed E-state index contributed by atoms with van der Waals surface area (Å²) in [6.45, 7) is 5.67. The van der Waals surface area contributed by atoms with Crippen molar-refractivity contribution in [2.75, 3.05) is 19.7 Å². The SMILES string of the molecule is CC(C)(CNCCCO)c1ccccc1F. The minimum absolute atomic E-state index is 0.156. The number of halogens is 1. The Morgan fingerprint density at radius 3 is 2.62 bits per heavy atom. The zero-order valence-electron chi connectivity index (χ0n) is 9.96. The molecule has 0 unspecified atom stereocenters. The Hall–Kier alpha value is -0.930. The second kappa shape index (κ2) is 5.97. The molecule has 1 rings (SSSR count). The topological polar surface area (TPSA) is 32.3 Å². The van der Waals surface area contributed by atoms with Gasteiger partial charge in [-0.15, -0.1) is 0 Å². The summed E-state index contributed by atoms with van der Waals surface area (Å²) in [6, 6.07) is 6.87. The van der Waals surface area contributed by atoms with Crippen LogP contribution in [-0.2, 0) is 5.41 Å². The van der Waals surface area contributed by atoms with E-state index in [1.165, 1.54) is 6.07 Å². The fraction of sp³-hybridized carbons (Fsp3) is 0.538. The molecule has 0 radical (unpaired) electrons. The summed E-state index contributed by atoms with van der Waals surface area (Å²) in [4.78, 5) is 0. The molecule has 0 aliphatic rings. The molecular formula is C13H20FNO. The first-order valence-corrected chi connectivity index (χ1v) is 5.64. The van der Waals surface area contributed by atoms with E-state index in [-0.39, 0.29) is 17.8 Å². The standard InChI is InChI=1S/C13H20FNO/c1-13(2,10-15-8-5-9-16)11-6-3-4-7-12(11)14/h3-4,6-7,15-16H,5,8-10H2,1-2H3. The van der Waals surface area contributed by atoms with Gasteiger partial charge in [0.25, 0.3) is 0 Å². The Kier molecular flexibility index (Phi) is 4.90. The Morgan fingerprint density at radius 1 is 1.31 bits per heavy atom. The second-order valence-corrected chi connectivity index (χ2v) is 4.62. The molecule has 0 heterocycles. The summed E-state index contributed by atoms with van der Waals surface area (Å²) >= 11 is 0. The lowest BCUT2D eigenvalue weighted by Crippen LogP contribution is -2.34. The molecule has 0 saturated carbocycles. The molecule has 3 heteroatoms. The first kappa shape index (κ1) is 13.1. The molecule has 90 valence electrons. The highest BCUT2D eigenvalue weighted by Gasteiger charge is 2.22. The molecule has 16 heavy (non-hydrogen) atoms. The maximum atomic E-state index is 13.6. The number of hydrogen-bond acceptors (Lipinski definition) is 2. The van der Waals surface area contributed by atoms with Crippen molar-refractivity contribution in [1.29, 1.82) is 0 Å². The van der Waals surface area contributed by atoms with Crippen LogP contribution >= 0.6 is 0 Å². The molecule has 0 aliphatic heterocycles. The summed E-state index contributed by atoms with van der Waals surface area (Å²) in [5, 5.41) is 11.9. The van der Waals surface area contributed by atoms with Gasteiger partial charge in [-0.1, -0.05) is 32.0 Å². The lowest BCUT2D eigenvalue weighted by molar-refractivity contribution is 0.283. The van der Waals surface area contributed by atoms with Crippen molar-refractivity contribution in [3.8, 4) is 0 Å². The molecule has 0 fully saturated rings. The van der Waals surface area contributed by atoms with Gasteiger partial charge in [0.1, 0.15) is 5.82 Å². The number of aliphatic hydroxyl groups is 1. The molecule has 0 bridgehead atoms. The monoisotopic (exact) mass is 225 g/mol. The van der Waals surface area contributed by atoms with Crippen LogP contribution in [0.2, 0.25) is 0 Å². The van der Waals surface area contributed by atoms with Gasteiger partial charge in [-0.05, 0) is 24.6 Å². The van der Waals surface area contributed by atoms with Crippen LogP contribution in [0.4, 0.5) is 4.39 Å². The molecule has 0 spiro atoms. The molecule has 0 aromatic heterocycles. The molecular weight excluding hydrogens is 205 g/mol. The molecule has 0 amide bonds.